The van der Waals surface area contributed by atoms with Crippen LogP contribution in [0.4, 0.5) is 0 Å². The Balaban J connectivity index is 2.28. The second-order valence-electron chi connectivity index (χ2n) is 14.9. The SMILES string of the molecule is CCCC/C=C\C/C=C\CCCCCCCCC(CCCCCCCC/C=C\C/C=C\CCCCC)OC(=O)C1CCCCC1N(C)C. The number of carbonyl (C=O) groups is 1. The predicted octanol–water partition coefficient (Wildman–Crippen LogP) is 14.0. The standard InChI is InChI=1S/C45H81NO2/c1-5-7-9-11-13-15-17-19-21-23-25-27-29-31-33-35-39-42(48-45(47)43-40-36-37-41-44(43)46(3)4)38-34-32-30-28-26-24-22-20-18-16-14-12-10-8-6-2/h12-15,18-21,42-44H,5-11,16-17,22-41H2,1-4H3/b14-12-,15-13-,20-18-,21-19-. The van der Waals surface area contributed by atoms with E-state index in [-0.39, 0.29) is 18.0 Å². The molecule has 0 bridgehead atoms. The van der Waals surface area contributed by atoms with Gasteiger partial charge in [0, 0.05) is 6.04 Å². The van der Waals surface area contributed by atoms with Crippen molar-refractivity contribution in [3.05, 3.63) is 48.6 Å². The summed E-state index contributed by atoms with van der Waals surface area (Å²) in [7, 11) is 4.25. The molecule has 278 valence electrons. The van der Waals surface area contributed by atoms with Crippen molar-refractivity contribution >= 4 is 5.97 Å². The van der Waals surface area contributed by atoms with E-state index in [0.717, 1.165) is 44.9 Å². The van der Waals surface area contributed by atoms with Crippen LogP contribution in [0.2, 0.25) is 0 Å². The number of unbranched alkanes of at least 4 members (excludes halogenated alkanes) is 17. The average molecular weight is 668 g/mol. The lowest BCUT2D eigenvalue weighted by molar-refractivity contribution is -0.158. The highest BCUT2D eigenvalue weighted by Gasteiger charge is 2.34. The van der Waals surface area contributed by atoms with Crippen LogP contribution in [0.5, 0.6) is 0 Å². The number of hydrogen-bond acceptors (Lipinski definition) is 3. The van der Waals surface area contributed by atoms with Crippen LogP contribution in [0.3, 0.4) is 0 Å². The van der Waals surface area contributed by atoms with E-state index >= 15 is 0 Å². The van der Waals surface area contributed by atoms with Crippen LogP contribution < -0.4 is 0 Å². The second-order valence-corrected chi connectivity index (χ2v) is 14.9. The van der Waals surface area contributed by atoms with Gasteiger partial charge >= 0.3 is 5.97 Å². The van der Waals surface area contributed by atoms with E-state index in [4.69, 9.17) is 4.74 Å². The van der Waals surface area contributed by atoms with E-state index in [1.807, 2.05) is 0 Å². The van der Waals surface area contributed by atoms with Gasteiger partial charge in [0.25, 0.3) is 0 Å². The molecule has 1 saturated carbocycles. The van der Waals surface area contributed by atoms with Crippen LogP contribution >= 0.6 is 0 Å². The molecule has 0 radical (unpaired) electrons. The lowest BCUT2D eigenvalue weighted by atomic mass is 9.84. The highest BCUT2D eigenvalue weighted by atomic mass is 16.5. The minimum Gasteiger partial charge on any atom is -0.462 e. The monoisotopic (exact) mass is 668 g/mol. The molecule has 3 heteroatoms. The lowest BCUT2D eigenvalue weighted by Gasteiger charge is -2.35. The molecule has 3 nitrogen and oxygen atoms in total. The highest BCUT2D eigenvalue weighted by Crippen LogP contribution is 2.29. The molecule has 0 spiro atoms. The summed E-state index contributed by atoms with van der Waals surface area (Å²) in [6.07, 6.45) is 54.5. The van der Waals surface area contributed by atoms with E-state index in [0.29, 0.717) is 6.04 Å². The van der Waals surface area contributed by atoms with E-state index in [9.17, 15) is 4.79 Å². The Hall–Kier alpha value is -1.61. The zero-order chi connectivity index (χ0) is 34.8. The Morgan fingerprint density at radius 3 is 1.46 bits per heavy atom. The number of rotatable bonds is 32. The zero-order valence-electron chi connectivity index (χ0n) is 32.6. The predicted molar refractivity (Wildman–Crippen MR) is 213 cm³/mol. The fraction of sp³-hybridized carbons (Fsp3) is 0.800. The van der Waals surface area contributed by atoms with Crippen LogP contribution in [0, 0.1) is 5.92 Å². The molecule has 0 heterocycles. The zero-order valence-corrected chi connectivity index (χ0v) is 32.6. The van der Waals surface area contributed by atoms with Gasteiger partial charge in [-0.3, -0.25) is 4.79 Å². The van der Waals surface area contributed by atoms with Crippen LogP contribution in [0.15, 0.2) is 48.6 Å². The number of hydrogen-bond donors (Lipinski definition) is 0. The van der Waals surface area contributed by atoms with Crippen LogP contribution in [0.1, 0.15) is 200 Å². The Bertz CT molecular complexity index is 825. The summed E-state index contributed by atoms with van der Waals surface area (Å²) < 4.78 is 6.32. The molecule has 0 aromatic rings. The number of nitrogens with zero attached hydrogens (tertiary/aromatic N) is 1. The summed E-state index contributed by atoms with van der Waals surface area (Å²) in [6, 6.07) is 0.339. The summed E-state index contributed by atoms with van der Waals surface area (Å²) in [5, 5.41) is 0. The summed E-state index contributed by atoms with van der Waals surface area (Å²) in [6.45, 7) is 4.51. The van der Waals surface area contributed by atoms with E-state index in [1.54, 1.807) is 0 Å². The summed E-state index contributed by atoms with van der Waals surface area (Å²) >= 11 is 0. The third kappa shape index (κ3) is 26.3. The number of allylic oxidation sites excluding steroid dienone is 8. The van der Waals surface area contributed by atoms with Gasteiger partial charge in [0.2, 0.25) is 0 Å². The summed E-state index contributed by atoms with van der Waals surface area (Å²) in [5.41, 5.74) is 0. The molecular weight excluding hydrogens is 587 g/mol. The molecule has 0 aliphatic heterocycles. The maximum absolute atomic E-state index is 13.4. The van der Waals surface area contributed by atoms with Crippen molar-refractivity contribution in [3.8, 4) is 0 Å². The molecule has 48 heavy (non-hydrogen) atoms. The van der Waals surface area contributed by atoms with Gasteiger partial charge in [-0.2, -0.15) is 0 Å². The van der Waals surface area contributed by atoms with Crippen molar-refractivity contribution in [1.29, 1.82) is 0 Å². The maximum atomic E-state index is 13.4. The Morgan fingerprint density at radius 1 is 0.562 bits per heavy atom. The summed E-state index contributed by atoms with van der Waals surface area (Å²) in [5.74, 6) is 0.140. The van der Waals surface area contributed by atoms with Gasteiger partial charge in [0.15, 0.2) is 0 Å². The average Bonchev–Trinajstić information content (AvgIpc) is 3.09. The third-order valence-electron chi connectivity index (χ3n) is 10.2. The first-order valence-electron chi connectivity index (χ1n) is 21.1. The molecule has 0 aromatic carbocycles. The van der Waals surface area contributed by atoms with Crippen molar-refractivity contribution in [1.82, 2.24) is 4.90 Å². The highest BCUT2D eigenvalue weighted by molar-refractivity contribution is 5.73. The molecule has 1 aliphatic carbocycles. The first-order chi connectivity index (χ1) is 23.6. The molecule has 3 atom stereocenters. The summed E-state index contributed by atoms with van der Waals surface area (Å²) in [4.78, 5) is 15.6. The minimum absolute atomic E-state index is 0.0539. The van der Waals surface area contributed by atoms with Gasteiger partial charge < -0.3 is 9.64 Å². The van der Waals surface area contributed by atoms with Gasteiger partial charge in [0.1, 0.15) is 6.10 Å². The van der Waals surface area contributed by atoms with Crippen molar-refractivity contribution in [3.63, 3.8) is 0 Å². The topological polar surface area (TPSA) is 29.5 Å². The molecule has 1 fully saturated rings. The third-order valence-corrected chi connectivity index (χ3v) is 10.2. The smallest absolute Gasteiger partial charge is 0.310 e. The molecule has 3 unspecified atom stereocenters. The Labute approximate surface area is 300 Å². The van der Waals surface area contributed by atoms with Gasteiger partial charge in [-0.05, 0) is 110 Å². The molecular formula is C45H81NO2. The molecule has 0 amide bonds. The normalized spacial score (nSPS) is 17.9. The number of ether oxygens (including phenoxy) is 1. The fourth-order valence-corrected chi connectivity index (χ4v) is 7.05. The van der Waals surface area contributed by atoms with Crippen molar-refractivity contribution < 1.29 is 9.53 Å². The van der Waals surface area contributed by atoms with Crippen molar-refractivity contribution in [2.75, 3.05) is 14.1 Å². The molecule has 0 N–H and O–H groups in total. The second kappa shape index (κ2) is 33.9. The van der Waals surface area contributed by atoms with Crippen molar-refractivity contribution in [2.45, 2.75) is 212 Å². The van der Waals surface area contributed by atoms with Gasteiger partial charge in [-0.15, -0.1) is 0 Å². The quantitative estimate of drug-likeness (QED) is 0.0406. The number of carbonyl (C=O) groups excluding carboxylic acids is 1. The minimum atomic E-state index is 0.0539. The molecule has 0 saturated heterocycles. The van der Waals surface area contributed by atoms with Gasteiger partial charge in [-0.25, -0.2) is 0 Å². The van der Waals surface area contributed by atoms with Crippen molar-refractivity contribution in [2.24, 2.45) is 5.92 Å². The Morgan fingerprint density at radius 2 is 0.979 bits per heavy atom. The van der Waals surface area contributed by atoms with Crippen LogP contribution in [-0.4, -0.2) is 37.1 Å². The molecule has 0 aromatic heterocycles. The molecule has 1 rings (SSSR count). The van der Waals surface area contributed by atoms with E-state index < -0.39 is 0 Å². The first-order valence-corrected chi connectivity index (χ1v) is 21.1. The Kier molecular flexibility index (Phi) is 31.3. The fourth-order valence-electron chi connectivity index (χ4n) is 7.05. The maximum Gasteiger partial charge on any atom is 0.310 e. The number of esters is 1. The van der Waals surface area contributed by atoms with E-state index in [1.165, 1.54) is 141 Å². The van der Waals surface area contributed by atoms with Gasteiger partial charge in [-0.1, -0.05) is 152 Å². The molecule has 1 aliphatic rings. The first kappa shape index (κ1) is 44.4. The van der Waals surface area contributed by atoms with Gasteiger partial charge in [0.05, 0.1) is 5.92 Å². The van der Waals surface area contributed by atoms with Crippen LogP contribution in [0.25, 0.3) is 0 Å². The lowest BCUT2D eigenvalue weighted by Crippen LogP contribution is -2.43. The largest absolute Gasteiger partial charge is 0.462 e. The van der Waals surface area contributed by atoms with Crippen LogP contribution in [-0.2, 0) is 9.53 Å². The van der Waals surface area contributed by atoms with E-state index in [2.05, 4.69) is 81.5 Å².